The third-order valence-corrected chi connectivity index (χ3v) is 3.23. The normalized spacial score (nSPS) is 10.4. The molecular formula is C18H19N3O4. The van der Waals surface area contributed by atoms with E-state index in [1.165, 1.54) is 13.3 Å². The van der Waals surface area contributed by atoms with Crippen molar-refractivity contribution < 1.29 is 19.1 Å². The van der Waals surface area contributed by atoms with Crippen LogP contribution in [0.5, 0.6) is 0 Å². The van der Waals surface area contributed by atoms with E-state index in [0.29, 0.717) is 5.56 Å². The van der Waals surface area contributed by atoms with Crippen molar-refractivity contribution in [2.24, 2.45) is 0 Å². The Hall–Kier alpha value is -3.35. The number of amides is 1. The van der Waals surface area contributed by atoms with E-state index in [4.69, 9.17) is 10.5 Å². The van der Waals surface area contributed by atoms with Gasteiger partial charge in [0.2, 0.25) is 0 Å². The summed E-state index contributed by atoms with van der Waals surface area (Å²) in [7, 11) is 1.27. The van der Waals surface area contributed by atoms with Crippen LogP contribution in [-0.2, 0) is 16.1 Å². The van der Waals surface area contributed by atoms with Crippen molar-refractivity contribution in [3.63, 3.8) is 0 Å². The monoisotopic (exact) mass is 341 g/mol. The van der Waals surface area contributed by atoms with Gasteiger partial charge in [-0.15, -0.1) is 0 Å². The molecule has 0 atom stereocenters. The molecule has 0 fully saturated rings. The van der Waals surface area contributed by atoms with E-state index in [0.717, 1.165) is 5.56 Å². The maximum atomic E-state index is 11.6. The van der Waals surface area contributed by atoms with Gasteiger partial charge in [-0.05, 0) is 17.2 Å². The number of benzene rings is 1. The highest BCUT2D eigenvalue weighted by molar-refractivity contribution is 5.94. The van der Waals surface area contributed by atoms with Crippen molar-refractivity contribution in [3.8, 4) is 0 Å². The van der Waals surface area contributed by atoms with Gasteiger partial charge in [0.25, 0.3) is 0 Å². The second kappa shape index (κ2) is 9.07. The molecule has 1 heterocycles. The number of ether oxygens (including phenoxy) is 2. The summed E-state index contributed by atoms with van der Waals surface area (Å²) < 4.78 is 9.72. The Balaban J connectivity index is 1.81. The number of hydrogen-bond donors (Lipinski definition) is 2. The van der Waals surface area contributed by atoms with Crippen molar-refractivity contribution in [1.82, 2.24) is 10.3 Å². The Morgan fingerprint density at radius 1 is 1.28 bits per heavy atom. The molecule has 1 aromatic carbocycles. The zero-order valence-corrected chi connectivity index (χ0v) is 13.8. The number of nitrogens with two attached hydrogens (primary N) is 1. The number of pyridine rings is 1. The fourth-order valence-electron chi connectivity index (χ4n) is 1.97. The Bertz CT molecular complexity index is 760. The van der Waals surface area contributed by atoms with Crippen LogP contribution in [0, 0.1) is 0 Å². The second-order valence-electron chi connectivity index (χ2n) is 5.04. The molecular weight excluding hydrogens is 322 g/mol. The molecule has 1 aromatic heterocycles. The quantitative estimate of drug-likeness (QED) is 0.782. The van der Waals surface area contributed by atoms with E-state index in [1.54, 1.807) is 18.2 Å². The van der Waals surface area contributed by atoms with Gasteiger partial charge in [-0.1, -0.05) is 42.5 Å². The van der Waals surface area contributed by atoms with Crippen LogP contribution < -0.4 is 11.1 Å². The number of carbonyl (C=O) groups is 2. The lowest BCUT2D eigenvalue weighted by atomic mass is 10.2. The lowest BCUT2D eigenvalue weighted by Crippen LogP contribution is -2.24. The maximum absolute atomic E-state index is 11.6. The Morgan fingerprint density at radius 3 is 2.76 bits per heavy atom. The second-order valence-corrected chi connectivity index (χ2v) is 5.04. The summed E-state index contributed by atoms with van der Waals surface area (Å²) in [4.78, 5) is 27.1. The molecule has 7 nitrogen and oxygen atoms in total. The summed E-state index contributed by atoms with van der Waals surface area (Å²) in [5.41, 5.74) is 7.40. The number of nitrogens with one attached hydrogen (secondary N) is 1. The summed E-state index contributed by atoms with van der Waals surface area (Å²) >= 11 is 0. The first kappa shape index (κ1) is 18.0. The Kier molecular flexibility index (Phi) is 6.53. The van der Waals surface area contributed by atoms with E-state index in [1.807, 2.05) is 30.3 Å². The van der Waals surface area contributed by atoms with E-state index in [9.17, 15) is 9.59 Å². The number of rotatable bonds is 6. The summed E-state index contributed by atoms with van der Waals surface area (Å²) in [5.74, 6) is -0.450. The minimum atomic E-state index is -0.553. The van der Waals surface area contributed by atoms with Gasteiger partial charge in [-0.25, -0.2) is 14.6 Å². The number of methoxy groups -OCH3 is 1. The average Bonchev–Trinajstić information content (AvgIpc) is 2.65. The summed E-state index contributed by atoms with van der Waals surface area (Å²) in [6, 6.07) is 11.0. The van der Waals surface area contributed by atoms with Crippen LogP contribution in [0.25, 0.3) is 6.08 Å². The van der Waals surface area contributed by atoms with Crippen molar-refractivity contribution in [2.75, 3.05) is 19.4 Å². The third kappa shape index (κ3) is 5.65. The van der Waals surface area contributed by atoms with Crippen molar-refractivity contribution in [3.05, 3.63) is 65.4 Å². The number of hydrogen-bond acceptors (Lipinski definition) is 6. The standard InChI is InChI=1S/C18H19N3O4/c1-24-17(22)15-10-14(11-21-16(15)19)8-5-9-20-18(23)25-12-13-6-3-2-4-7-13/h2-8,10-11H,9,12H2,1H3,(H2,19,21)(H,20,23). The van der Waals surface area contributed by atoms with Gasteiger partial charge in [-0.2, -0.15) is 0 Å². The van der Waals surface area contributed by atoms with Gasteiger partial charge in [0.1, 0.15) is 18.0 Å². The van der Waals surface area contributed by atoms with Gasteiger partial charge in [0.15, 0.2) is 0 Å². The van der Waals surface area contributed by atoms with Crippen LogP contribution in [0.2, 0.25) is 0 Å². The van der Waals surface area contributed by atoms with Gasteiger partial charge in [-0.3, -0.25) is 0 Å². The highest BCUT2D eigenvalue weighted by atomic mass is 16.5. The predicted molar refractivity (Wildman–Crippen MR) is 93.7 cm³/mol. The molecule has 7 heteroatoms. The van der Waals surface area contributed by atoms with Gasteiger partial charge < -0.3 is 20.5 Å². The van der Waals surface area contributed by atoms with Gasteiger partial charge in [0, 0.05) is 12.7 Å². The first-order valence-electron chi connectivity index (χ1n) is 7.55. The van der Waals surface area contributed by atoms with Crippen LogP contribution in [-0.4, -0.2) is 30.7 Å². The van der Waals surface area contributed by atoms with Crippen LogP contribution >= 0.6 is 0 Å². The highest BCUT2D eigenvalue weighted by Crippen LogP contribution is 2.13. The smallest absolute Gasteiger partial charge is 0.407 e. The number of esters is 1. The fraction of sp³-hybridized carbons (Fsp3) is 0.167. The highest BCUT2D eigenvalue weighted by Gasteiger charge is 2.11. The molecule has 2 rings (SSSR count). The predicted octanol–water partition coefficient (Wildman–Crippen LogP) is 2.39. The molecule has 0 unspecified atom stereocenters. The van der Waals surface area contributed by atoms with E-state index >= 15 is 0 Å². The number of nitrogen functional groups attached to an aromatic ring is 1. The first-order chi connectivity index (χ1) is 12.1. The van der Waals surface area contributed by atoms with Crippen molar-refractivity contribution in [1.29, 1.82) is 0 Å². The number of nitrogens with zero attached hydrogens (tertiary/aromatic N) is 1. The summed E-state index contributed by atoms with van der Waals surface area (Å²) in [6.07, 6.45) is 4.42. The zero-order valence-electron chi connectivity index (χ0n) is 13.8. The SMILES string of the molecule is COC(=O)c1cc(C=CCNC(=O)OCc2ccccc2)cnc1N. The summed E-state index contributed by atoms with van der Waals surface area (Å²) in [5, 5.41) is 2.60. The molecule has 1 amide bonds. The Morgan fingerprint density at radius 2 is 2.04 bits per heavy atom. The molecule has 0 aliphatic carbocycles. The number of aromatic nitrogens is 1. The maximum Gasteiger partial charge on any atom is 0.407 e. The van der Waals surface area contributed by atoms with Gasteiger partial charge >= 0.3 is 12.1 Å². The average molecular weight is 341 g/mol. The largest absolute Gasteiger partial charge is 0.465 e. The van der Waals surface area contributed by atoms with Crippen molar-refractivity contribution >= 4 is 24.0 Å². The molecule has 3 N–H and O–H groups in total. The molecule has 0 bridgehead atoms. The minimum Gasteiger partial charge on any atom is -0.465 e. The van der Waals surface area contributed by atoms with Crippen molar-refractivity contribution in [2.45, 2.75) is 6.61 Å². The first-order valence-corrected chi connectivity index (χ1v) is 7.55. The Labute approximate surface area is 145 Å². The molecule has 0 aliphatic heterocycles. The molecule has 0 spiro atoms. The number of carbonyl (C=O) groups excluding carboxylic acids is 2. The fourth-order valence-corrected chi connectivity index (χ4v) is 1.97. The molecule has 25 heavy (non-hydrogen) atoms. The number of alkyl carbamates (subject to hydrolysis) is 1. The number of anilines is 1. The van der Waals surface area contributed by atoms with Crippen LogP contribution in [0.3, 0.4) is 0 Å². The van der Waals surface area contributed by atoms with Crippen LogP contribution in [0.15, 0.2) is 48.7 Å². The third-order valence-electron chi connectivity index (χ3n) is 3.23. The molecule has 130 valence electrons. The molecule has 0 saturated heterocycles. The minimum absolute atomic E-state index is 0.103. The zero-order chi connectivity index (χ0) is 18.1. The summed E-state index contributed by atoms with van der Waals surface area (Å²) in [6.45, 7) is 0.478. The lowest BCUT2D eigenvalue weighted by molar-refractivity contribution is 0.0601. The van der Waals surface area contributed by atoms with E-state index in [2.05, 4.69) is 15.0 Å². The molecule has 0 aliphatic rings. The van der Waals surface area contributed by atoms with E-state index < -0.39 is 12.1 Å². The topological polar surface area (TPSA) is 104 Å². The van der Waals surface area contributed by atoms with Gasteiger partial charge in [0.05, 0.1) is 7.11 Å². The van der Waals surface area contributed by atoms with Crippen LogP contribution in [0.1, 0.15) is 21.5 Å². The van der Waals surface area contributed by atoms with Crippen LogP contribution in [0.4, 0.5) is 10.6 Å². The molecule has 2 aromatic rings. The molecule has 0 radical (unpaired) electrons. The lowest BCUT2D eigenvalue weighted by Gasteiger charge is -2.05. The molecule has 0 saturated carbocycles. The van der Waals surface area contributed by atoms with E-state index in [-0.39, 0.29) is 24.5 Å².